The normalized spacial score (nSPS) is 12.4. The smallest absolute Gasteiger partial charge is 0.255 e. The summed E-state index contributed by atoms with van der Waals surface area (Å²) in [5, 5.41) is 0. The van der Waals surface area contributed by atoms with Gasteiger partial charge in [0.15, 0.2) is 0 Å². The van der Waals surface area contributed by atoms with Gasteiger partial charge < -0.3 is 15.0 Å². The van der Waals surface area contributed by atoms with Gasteiger partial charge in [-0.15, -0.1) is 0 Å². The third-order valence-electron chi connectivity index (χ3n) is 3.56. The lowest BCUT2D eigenvalue weighted by Gasteiger charge is -2.16. The molecule has 0 aliphatic carbocycles. The van der Waals surface area contributed by atoms with Crippen LogP contribution in [-0.2, 0) is 11.3 Å². The number of nitrogens with zero attached hydrogens (tertiary/aromatic N) is 1. The van der Waals surface area contributed by atoms with E-state index >= 15 is 0 Å². The van der Waals surface area contributed by atoms with Crippen LogP contribution in [0.15, 0.2) is 41.2 Å². The number of halogens is 1. The van der Waals surface area contributed by atoms with Gasteiger partial charge in [0.2, 0.25) is 0 Å². The molecule has 1 aromatic carbocycles. The highest BCUT2D eigenvalue weighted by Gasteiger charge is 2.13. The molecule has 4 nitrogen and oxygen atoms in total. The highest BCUT2D eigenvalue weighted by atomic mass is 19.1. The zero-order valence-electron chi connectivity index (χ0n) is 12.9. The summed E-state index contributed by atoms with van der Waals surface area (Å²) in [6.07, 6.45) is 0.715. The van der Waals surface area contributed by atoms with E-state index in [1.54, 1.807) is 36.8 Å². The molecule has 2 aromatic rings. The van der Waals surface area contributed by atoms with Crippen molar-refractivity contribution in [2.75, 3.05) is 13.7 Å². The Morgan fingerprint density at radius 2 is 1.91 bits per heavy atom. The molecule has 0 spiro atoms. The van der Waals surface area contributed by atoms with Crippen LogP contribution < -0.4 is 11.3 Å². The Labute approximate surface area is 129 Å². The van der Waals surface area contributed by atoms with Crippen molar-refractivity contribution in [1.29, 1.82) is 0 Å². The van der Waals surface area contributed by atoms with Gasteiger partial charge in [-0.25, -0.2) is 4.39 Å². The molecule has 5 heteroatoms. The fourth-order valence-electron chi connectivity index (χ4n) is 2.40. The van der Waals surface area contributed by atoms with Crippen LogP contribution in [0.3, 0.4) is 0 Å². The minimum absolute atomic E-state index is 0.104. The number of rotatable bonds is 6. The van der Waals surface area contributed by atoms with Crippen molar-refractivity contribution in [3.05, 3.63) is 58.1 Å². The van der Waals surface area contributed by atoms with Gasteiger partial charge in [-0.2, -0.15) is 0 Å². The molecular formula is C17H21FN2O2. The fourth-order valence-corrected chi connectivity index (χ4v) is 2.40. The lowest BCUT2D eigenvalue weighted by molar-refractivity contribution is 0.190. The van der Waals surface area contributed by atoms with Crippen molar-refractivity contribution < 1.29 is 9.13 Å². The number of nitrogens with two attached hydrogens (primary N) is 1. The molecule has 22 heavy (non-hydrogen) atoms. The number of benzene rings is 1. The van der Waals surface area contributed by atoms with Crippen LogP contribution in [0.1, 0.15) is 24.9 Å². The lowest BCUT2D eigenvalue weighted by atomic mass is 10.1. The molecule has 118 valence electrons. The van der Waals surface area contributed by atoms with Crippen molar-refractivity contribution in [3.63, 3.8) is 0 Å². The van der Waals surface area contributed by atoms with Gasteiger partial charge in [0.25, 0.3) is 5.56 Å². The van der Waals surface area contributed by atoms with E-state index in [1.165, 1.54) is 12.1 Å². The van der Waals surface area contributed by atoms with Crippen molar-refractivity contribution in [3.8, 4) is 11.3 Å². The summed E-state index contributed by atoms with van der Waals surface area (Å²) in [7, 11) is 1.63. The summed E-state index contributed by atoms with van der Waals surface area (Å²) in [6, 6.07) is 9.39. The maximum absolute atomic E-state index is 13.1. The summed E-state index contributed by atoms with van der Waals surface area (Å²) in [4.78, 5) is 12.6. The molecule has 1 atom stereocenters. The Bertz CT molecular complexity index is 678. The minimum atomic E-state index is -0.330. The second-order valence-electron chi connectivity index (χ2n) is 5.27. The van der Waals surface area contributed by atoms with Gasteiger partial charge in [0, 0.05) is 31.9 Å². The highest BCUT2D eigenvalue weighted by Crippen LogP contribution is 2.20. The Balaban J connectivity index is 2.50. The summed E-state index contributed by atoms with van der Waals surface area (Å²) >= 11 is 0. The molecular weight excluding hydrogens is 283 g/mol. The maximum atomic E-state index is 13.1. The molecule has 0 saturated carbocycles. The number of hydrogen-bond acceptors (Lipinski definition) is 3. The molecule has 0 amide bonds. The summed E-state index contributed by atoms with van der Waals surface area (Å²) in [5.74, 6) is -0.302. The number of aromatic nitrogens is 1. The molecule has 2 N–H and O–H groups in total. The van der Waals surface area contributed by atoms with Crippen molar-refractivity contribution in [1.82, 2.24) is 4.57 Å². The Kier molecular flexibility index (Phi) is 5.46. The number of ether oxygens (including phenoxy) is 1. The molecule has 1 unspecified atom stereocenters. The van der Waals surface area contributed by atoms with Gasteiger partial charge in [-0.1, -0.05) is 0 Å². The van der Waals surface area contributed by atoms with E-state index < -0.39 is 0 Å². The molecule has 0 aliphatic heterocycles. The van der Waals surface area contributed by atoms with E-state index in [-0.39, 0.29) is 17.4 Å². The van der Waals surface area contributed by atoms with E-state index in [2.05, 4.69) is 0 Å². The molecule has 2 rings (SSSR count). The van der Waals surface area contributed by atoms with Crippen LogP contribution in [0.5, 0.6) is 0 Å². The lowest BCUT2D eigenvalue weighted by Crippen LogP contribution is -2.28. The number of pyridine rings is 1. The summed E-state index contributed by atoms with van der Waals surface area (Å²) < 4.78 is 19.8. The van der Waals surface area contributed by atoms with E-state index in [0.29, 0.717) is 25.1 Å². The maximum Gasteiger partial charge on any atom is 0.255 e. The first-order chi connectivity index (χ1) is 10.5. The van der Waals surface area contributed by atoms with Crippen LogP contribution in [0, 0.1) is 5.82 Å². The fraction of sp³-hybridized carbons (Fsp3) is 0.353. The van der Waals surface area contributed by atoms with Crippen LogP contribution in [-0.4, -0.2) is 18.3 Å². The van der Waals surface area contributed by atoms with Gasteiger partial charge >= 0.3 is 0 Å². The highest BCUT2D eigenvalue weighted by molar-refractivity contribution is 5.59. The Hall–Kier alpha value is -1.98. The van der Waals surface area contributed by atoms with E-state index in [1.807, 2.05) is 6.07 Å². The molecule has 0 radical (unpaired) electrons. The third-order valence-corrected chi connectivity index (χ3v) is 3.56. The predicted octanol–water partition coefficient (Wildman–Crippen LogP) is 2.71. The monoisotopic (exact) mass is 304 g/mol. The molecule has 1 heterocycles. The van der Waals surface area contributed by atoms with Crippen LogP contribution in [0.2, 0.25) is 0 Å². The Morgan fingerprint density at radius 3 is 2.50 bits per heavy atom. The zero-order valence-corrected chi connectivity index (χ0v) is 12.9. The predicted molar refractivity (Wildman–Crippen MR) is 85.2 cm³/mol. The summed E-state index contributed by atoms with van der Waals surface area (Å²) in [6.45, 7) is 2.88. The first-order valence-corrected chi connectivity index (χ1v) is 7.28. The standard InChI is InChI=1S/C17H21FN2O2/c1-12(19)15-8-9-16(13-4-6-14(18)7-5-13)20(17(15)21)10-3-11-22-2/h4-9,12H,3,10-11,19H2,1-2H3. The second kappa shape index (κ2) is 7.33. The minimum Gasteiger partial charge on any atom is -0.385 e. The molecule has 0 saturated heterocycles. The van der Waals surface area contributed by atoms with Crippen LogP contribution in [0.4, 0.5) is 4.39 Å². The quantitative estimate of drug-likeness (QED) is 0.835. The van der Waals surface area contributed by atoms with Crippen molar-refractivity contribution >= 4 is 0 Å². The largest absolute Gasteiger partial charge is 0.385 e. The van der Waals surface area contributed by atoms with Crippen LogP contribution >= 0.6 is 0 Å². The van der Waals surface area contributed by atoms with Crippen LogP contribution in [0.25, 0.3) is 11.3 Å². The first kappa shape index (κ1) is 16.4. The number of hydrogen-bond donors (Lipinski definition) is 1. The Morgan fingerprint density at radius 1 is 1.23 bits per heavy atom. The first-order valence-electron chi connectivity index (χ1n) is 7.28. The van der Waals surface area contributed by atoms with Gasteiger partial charge in [0.05, 0.1) is 5.69 Å². The molecule has 0 aliphatic rings. The second-order valence-corrected chi connectivity index (χ2v) is 5.27. The van der Waals surface area contributed by atoms with Crippen molar-refractivity contribution in [2.45, 2.75) is 25.9 Å². The summed E-state index contributed by atoms with van der Waals surface area (Å²) in [5.41, 5.74) is 7.88. The van der Waals surface area contributed by atoms with Crippen molar-refractivity contribution in [2.24, 2.45) is 5.73 Å². The van der Waals surface area contributed by atoms with Gasteiger partial charge in [0.1, 0.15) is 5.82 Å². The molecule has 0 bridgehead atoms. The van der Waals surface area contributed by atoms with Gasteiger partial charge in [-0.05, 0) is 55.3 Å². The average Bonchev–Trinajstić information content (AvgIpc) is 2.49. The van der Waals surface area contributed by atoms with E-state index in [9.17, 15) is 9.18 Å². The third kappa shape index (κ3) is 3.61. The molecule has 1 aromatic heterocycles. The van der Waals surface area contributed by atoms with Gasteiger partial charge in [-0.3, -0.25) is 4.79 Å². The topological polar surface area (TPSA) is 57.2 Å². The molecule has 0 fully saturated rings. The number of methoxy groups -OCH3 is 1. The van der Waals surface area contributed by atoms with E-state index in [0.717, 1.165) is 11.3 Å². The zero-order chi connectivity index (χ0) is 16.1. The SMILES string of the molecule is COCCCn1c(-c2ccc(F)cc2)ccc(C(C)N)c1=O. The van der Waals surface area contributed by atoms with E-state index in [4.69, 9.17) is 10.5 Å². The average molecular weight is 304 g/mol.